The first kappa shape index (κ1) is 18.7. The second-order valence-electron chi connectivity index (χ2n) is 8.19. The number of fused-ring (bicyclic) bond motifs is 2. The number of rotatable bonds is 6. The first-order valence-corrected chi connectivity index (χ1v) is 10.1. The summed E-state index contributed by atoms with van der Waals surface area (Å²) < 4.78 is 0. The molecule has 0 aromatic carbocycles. The van der Waals surface area contributed by atoms with E-state index in [1.54, 1.807) is 0 Å². The van der Waals surface area contributed by atoms with Gasteiger partial charge in [-0.05, 0) is 51.9 Å². The molecule has 28 heavy (non-hydrogen) atoms. The number of anilines is 3. The van der Waals surface area contributed by atoms with E-state index >= 15 is 0 Å². The van der Waals surface area contributed by atoms with Crippen molar-refractivity contribution in [3.63, 3.8) is 0 Å². The van der Waals surface area contributed by atoms with Gasteiger partial charge in [-0.15, -0.1) is 0 Å². The maximum absolute atomic E-state index is 8.84. The van der Waals surface area contributed by atoms with Crippen LogP contribution in [-0.2, 0) is 0 Å². The summed E-state index contributed by atoms with van der Waals surface area (Å²) in [5.74, 6) is 2.84. The third-order valence-electron chi connectivity index (χ3n) is 5.66. The number of piperidine rings is 2. The van der Waals surface area contributed by atoms with E-state index in [9.17, 15) is 0 Å². The molecular formula is C20H28N8. The quantitative estimate of drug-likeness (QED) is 0.608. The molecule has 4 N–H and O–H groups in total. The normalized spacial score (nSPS) is 26.5. The van der Waals surface area contributed by atoms with Crippen LogP contribution in [0.25, 0.3) is 0 Å². The number of aromatic amines is 1. The highest BCUT2D eigenvalue weighted by atomic mass is 15.2. The number of nitrogens with zero attached hydrogens (tertiary/aromatic N) is 4. The van der Waals surface area contributed by atoms with E-state index in [1.165, 1.54) is 0 Å². The molecule has 4 rings (SSSR count). The van der Waals surface area contributed by atoms with E-state index in [4.69, 9.17) is 5.26 Å². The zero-order valence-corrected chi connectivity index (χ0v) is 16.5. The fourth-order valence-electron chi connectivity index (χ4n) is 4.60. The highest BCUT2D eigenvalue weighted by molar-refractivity contribution is 5.54. The van der Waals surface area contributed by atoms with Gasteiger partial charge >= 0.3 is 0 Å². The minimum absolute atomic E-state index is 0.371. The van der Waals surface area contributed by atoms with Gasteiger partial charge in [0.1, 0.15) is 5.82 Å². The van der Waals surface area contributed by atoms with E-state index in [2.05, 4.69) is 42.2 Å². The number of hydrogen-bond donors (Lipinski definition) is 4. The highest BCUT2D eigenvalue weighted by Gasteiger charge is 2.35. The molecule has 2 aliphatic heterocycles. The average Bonchev–Trinajstić information content (AvgIpc) is 3.03. The van der Waals surface area contributed by atoms with Gasteiger partial charge in [0, 0.05) is 48.1 Å². The Morgan fingerprint density at radius 2 is 1.89 bits per heavy atom. The fraction of sp³-hybridized carbons (Fsp3) is 0.600. The Kier molecular flexibility index (Phi) is 5.44. The summed E-state index contributed by atoms with van der Waals surface area (Å²) in [5.41, 5.74) is 1.92. The van der Waals surface area contributed by atoms with Crippen LogP contribution in [0.15, 0.2) is 12.1 Å². The number of aryl methyl sites for hydroxylation is 2. The number of nitriles is 1. The Bertz CT molecular complexity index is 840. The first-order chi connectivity index (χ1) is 13.6. The Morgan fingerprint density at radius 3 is 2.57 bits per heavy atom. The van der Waals surface area contributed by atoms with Crippen molar-refractivity contribution < 1.29 is 0 Å². The molecule has 2 atom stereocenters. The summed E-state index contributed by atoms with van der Waals surface area (Å²) in [6.07, 6.45) is 6.17. The van der Waals surface area contributed by atoms with E-state index in [0.29, 0.717) is 36.4 Å². The minimum Gasteiger partial charge on any atom is -0.351 e. The SMILES string of the molecule is Cc1cc(Nc2cc(C)[nH]n2)nc(NC2CC3CC(CCC#N)CC(C2)N3)n1. The average molecular weight is 381 g/mol. The third kappa shape index (κ3) is 4.60. The summed E-state index contributed by atoms with van der Waals surface area (Å²) >= 11 is 0. The standard InChI is InChI=1S/C20H28N8/c1-12-6-18(25-19-7-13(2)27-28-19)26-20(22-12)24-17-10-15-8-14(4-3-5-21)9-16(11-17)23-15/h6-7,14-17,23H,3-4,8-11H2,1-2H3,(H3,22,24,25,26,27,28). The molecule has 4 heterocycles. The van der Waals surface area contributed by atoms with Gasteiger partial charge in [0.15, 0.2) is 5.82 Å². The molecule has 8 heteroatoms. The monoisotopic (exact) mass is 380 g/mol. The molecule has 2 unspecified atom stereocenters. The first-order valence-electron chi connectivity index (χ1n) is 10.1. The molecule has 2 aliphatic rings. The molecule has 2 bridgehead atoms. The largest absolute Gasteiger partial charge is 0.351 e. The van der Waals surface area contributed by atoms with Gasteiger partial charge in [-0.3, -0.25) is 5.10 Å². The second-order valence-corrected chi connectivity index (χ2v) is 8.19. The molecular weight excluding hydrogens is 352 g/mol. The van der Waals surface area contributed by atoms with Crippen LogP contribution in [-0.4, -0.2) is 38.3 Å². The molecule has 2 aromatic rings. The van der Waals surface area contributed by atoms with Crippen molar-refractivity contribution >= 4 is 17.6 Å². The highest BCUT2D eigenvalue weighted by Crippen LogP contribution is 2.33. The van der Waals surface area contributed by atoms with Crippen LogP contribution in [0.2, 0.25) is 0 Å². The number of nitrogens with one attached hydrogen (secondary N) is 4. The van der Waals surface area contributed by atoms with Gasteiger partial charge in [0.2, 0.25) is 5.95 Å². The number of aromatic nitrogens is 4. The summed E-state index contributed by atoms with van der Waals surface area (Å²) in [7, 11) is 0. The van der Waals surface area contributed by atoms with Gasteiger partial charge in [0.05, 0.1) is 6.07 Å². The zero-order chi connectivity index (χ0) is 19.5. The van der Waals surface area contributed by atoms with Crippen LogP contribution in [0.3, 0.4) is 0 Å². The van der Waals surface area contributed by atoms with Crippen molar-refractivity contribution in [1.29, 1.82) is 5.26 Å². The molecule has 8 nitrogen and oxygen atoms in total. The van der Waals surface area contributed by atoms with Crippen molar-refractivity contribution in [2.75, 3.05) is 10.6 Å². The summed E-state index contributed by atoms with van der Waals surface area (Å²) in [6, 6.07) is 7.56. The predicted octanol–water partition coefficient (Wildman–Crippen LogP) is 3.18. The molecule has 0 amide bonds. The maximum Gasteiger partial charge on any atom is 0.225 e. The lowest BCUT2D eigenvalue weighted by molar-refractivity contribution is 0.171. The molecule has 2 saturated heterocycles. The number of hydrogen-bond acceptors (Lipinski definition) is 7. The van der Waals surface area contributed by atoms with Gasteiger partial charge in [0.25, 0.3) is 0 Å². The van der Waals surface area contributed by atoms with Crippen LogP contribution < -0.4 is 16.0 Å². The van der Waals surface area contributed by atoms with E-state index in [1.807, 2.05) is 26.0 Å². The van der Waals surface area contributed by atoms with Gasteiger partial charge in [-0.25, -0.2) is 4.98 Å². The van der Waals surface area contributed by atoms with Crippen LogP contribution in [0.5, 0.6) is 0 Å². The van der Waals surface area contributed by atoms with Crippen molar-refractivity contribution in [3.8, 4) is 6.07 Å². The Hall–Kier alpha value is -2.66. The molecule has 2 fully saturated rings. The lowest BCUT2D eigenvalue weighted by Gasteiger charge is -2.43. The smallest absolute Gasteiger partial charge is 0.225 e. The topological polar surface area (TPSA) is 114 Å². The Balaban J connectivity index is 1.39. The molecule has 0 spiro atoms. The van der Waals surface area contributed by atoms with E-state index in [0.717, 1.165) is 55.1 Å². The van der Waals surface area contributed by atoms with Crippen molar-refractivity contribution in [1.82, 2.24) is 25.5 Å². The van der Waals surface area contributed by atoms with Gasteiger partial charge in [-0.2, -0.15) is 15.3 Å². The van der Waals surface area contributed by atoms with E-state index < -0.39 is 0 Å². The molecule has 0 aliphatic carbocycles. The van der Waals surface area contributed by atoms with Gasteiger partial charge in [-0.1, -0.05) is 0 Å². The minimum atomic E-state index is 0.371. The molecule has 148 valence electrons. The third-order valence-corrected chi connectivity index (χ3v) is 5.66. The van der Waals surface area contributed by atoms with Crippen molar-refractivity contribution in [2.24, 2.45) is 5.92 Å². The van der Waals surface area contributed by atoms with Crippen LogP contribution in [0, 0.1) is 31.1 Å². The predicted molar refractivity (Wildman–Crippen MR) is 108 cm³/mol. The Morgan fingerprint density at radius 1 is 1.11 bits per heavy atom. The molecule has 0 radical (unpaired) electrons. The van der Waals surface area contributed by atoms with Crippen LogP contribution in [0.1, 0.15) is 49.9 Å². The van der Waals surface area contributed by atoms with Crippen molar-refractivity contribution in [3.05, 3.63) is 23.5 Å². The lowest BCUT2D eigenvalue weighted by Crippen LogP contribution is -2.54. The van der Waals surface area contributed by atoms with Crippen LogP contribution in [0.4, 0.5) is 17.6 Å². The van der Waals surface area contributed by atoms with Gasteiger partial charge < -0.3 is 16.0 Å². The molecule has 2 aromatic heterocycles. The summed E-state index contributed by atoms with van der Waals surface area (Å²) in [5, 5.41) is 26.5. The van der Waals surface area contributed by atoms with E-state index in [-0.39, 0.29) is 0 Å². The fourth-order valence-corrected chi connectivity index (χ4v) is 4.60. The number of H-pyrrole nitrogens is 1. The Labute approximate surface area is 165 Å². The summed E-state index contributed by atoms with van der Waals surface area (Å²) in [6.45, 7) is 3.94. The lowest BCUT2D eigenvalue weighted by atomic mass is 9.77. The zero-order valence-electron chi connectivity index (χ0n) is 16.5. The van der Waals surface area contributed by atoms with Crippen LogP contribution >= 0.6 is 0 Å². The summed E-state index contributed by atoms with van der Waals surface area (Å²) in [4.78, 5) is 9.22. The molecule has 0 saturated carbocycles. The second kappa shape index (κ2) is 8.15. The van der Waals surface area contributed by atoms with Crippen molar-refractivity contribution in [2.45, 2.75) is 70.5 Å². The maximum atomic E-state index is 8.84.